The van der Waals surface area contributed by atoms with Gasteiger partial charge in [-0.15, -0.1) is 0 Å². The Labute approximate surface area is 95.0 Å². The second-order valence-electron chi connectivity index (χ2n) is 5.75. The fourth-order valence-corrected chi connectivity index (χ4v) is 1.54. The number of hydrogen-bond donors (Lipinski definition) is 1. The smallest absolute Gasteiger partial charge is 0.326 e. The monoisotopic (exact) mass is 238 g/mol. The summed E-state index contributed by atoms with van der Waals surface area (Å²) in [5, 5.41) is 0. The molecule has 1 unspecified atom stereocenters. The van der Waals surface area contributed by atoms with Crippen molar-refractivity contribution in [3.63, 3.8) is 0 Å². The Bertz CT molecular complexity index is 228. The van der Waals surface area contributed by atoms with Crippen molar-refractivity contribution in [3.8, 4) is 0 Å². The first-order valence-electron chi connectivity index (χ1n) is 5.66. The van der Waals surface area contributed by atoms with Crippen molar-refractivity contribution in [3.05, 3.63) is 0 Å². The third kappa shape index (κ3) is 4.70. The van der Waals surface area contributed by atoms with E-state index in [0.29, 0.717) is 6.54 Å². The largest absolute Gasteiger partial charge is 0.401 e. The molecule has 5 heteroatoms. The van der Waals surface area contributed by atoms with Crippen LogP contribution in [0.3, 0.4) is 0 Å². The molecule has 1 aliphatic carbocycles. The first-order chi connectivity index (χ1) is 7.09. The average Bonchev–Trinajstić information content (AvgIpc) is 2.79. The maximum Gasteiger partial charge on any atom is 0.401 e. The predicted molar refractivity (Wildman–Crippen MR) is 58.1 cm³/mol. The van der Waals surface area contributed by atoms with Crippen LogP contribution in [-0.2, 0) is 0 Å². The Hall–Kier alpha value is -0.290. The average molecular weight is 238 g/mol. The molecular formula is C11H21F3N2. The molecule has 0 saturated heterocycles. The van der Waals surface area contributed by atoms with Crippen LogP contribution in [0.5, 0.6) is 0 Å². The summed E-state index contributed by atoms with van der Waals surface area (Å²) < 4.78 is 37.1. The number of nitrogens with zero attached hydrogens (tertiary/aromatic N) is 1. The SMILES string of the molecule is CC(C)(C)C(N)CN(CC(F)(F)F)C1CC1. The van der Waals surface area contributed by atoms with Gasteiger partial charge in [0.15, 0.2) is 0 Å². The van der Waals surface area contributed by atoms with E-state index in [0.717, 1.165) is 12.8 Å². The molecule has 0 aromatic rings. The first-order valence-corrected chi connectivity index (χ1v) is 5.66. The van der Waals surface area contributed by atoms with E-state index in [1.165, 1.54) is 4.90 Å². The van der Waals surface area contributed by atoms with Crippen molar-refractivity contribution < 1.29 is 13.2 Å². The van der Waals surface area contributed by atoms with E-state index in [1.54, 1.807) is 0 Å². The highest BCUT2D eigenvalue weighted by Crippen LogP contribution is 2.31. The summed E-state index contributed by atoms with van der Waals surface area (Å²) in [4.78, 5) is 1.48. The molecule has 0 amide bonds. The van der Waals surface area contributed by atoms with Crippen LogP contribution in [0.25, 0.3) is 0 Å². The van der Waals surface area contributed by atoms with Crippen LogP contribution in [0, 0.1) is 5.41 Å². The molecule has 96 valence electrons. The molecule has 16 heavy (non-hydrogen) atoms. The highest BCUT2D eigenvalue weighted by molar-refractivity contribution is 4.90. The molecule has 1 atom stereocenters. The van der Waals surface area contributed by atoms with Crippen molar-refractivity contribution >= 4 is 0 Å². The molecule has 0 aromatic heterocycles. The summed E-state index contributed by atoms with van der Waals surface area (Å²) in [6, 6.07) is -0.134. The highest BCUT2D eigenvalue weighted by Gasteiger charge is 2.39. The van der Waals surface area contributed by atoms with Crippen LogP contribution in [0.15, 0.2) is 0 Å². The van der Waals surface area contributed by atoms with E-state index in [2.05, 4.69) is 0 Å². The van der Waals surface area contributed by atoms with Crippen LogP contribution >= 0.6 is 0 Å². The second kappa shape index (κ2) is 4.53. The van der Waals surface area contributed by atoms with Gasteiger partial charge in [-0.2, -0.15) is 13.2 Å². The molecular weight excluding hydrogens is 217 g/mol. The normalized spacial score (nSPS) is 20.2. The molecule has 2 N–H and O–H groups in total. The van der Waals surface area contributed by atoms with Gasteiger partial charge in [-0.1, -0.05) is 20.8 Å². The van der Waals surface area contributed by atoms with Gasteiger partial charge in [0.05, 0.1) is 6.54 Å². The molecule has 1 saturated carbocycles. The Morgan fingerprint density at radius 1 is 1.25 bits per heavy atom. The Balaban J connectivity index is 2.52. The number of alkyl halides is 3. The van der Waals surface area contributed by atoms with Crippen LogP contribution in [0.4, 0.5) is 13.2 Å². The third-order valence-corrected chi connectivity index (χ3v) is 2.99. The molecule has 1 fully saturated rings. The van der Waals surface area contributed by atoms with Gasteiger partial charge in [-0.25, -0.2) is 0 Å². The van der Waals surface area contributed by atoms with E-state index < -0.39 is 12.7 Å². The molecule has 0 aromatic carbocycles. The summed E-state index contributed by atoms with van der Waals surface area (Å²) in [6.45, 7) is 5.36. The van der Waals surface area contributed by atoms with E-state index in [-0.39, 0.29) is 17.5 Å². The van der Waals surface area contributed by atoms with Crippen LogP contribution in [-0.4, -0.2) is 36.2 Å². The fraction of sp³-hybridized carbons (Fsp3) is 1.00. The van der Waals surface area contributed by atoms with Gasteiger partial charge in [0, 0.05) is 18.6 Å². The second-order valence-corrected chi connectivity index (χ2v) is 5.75. The third-order valence-electron chi connectivity index (χ3n) is 2.99. The molecule has 2 nitrogen and oxygen atoms in total. The number of halogens is 3. The lowest BCUT2D eigenvalue weighted by atomic mass is 9.87. The van der Waals surface area contributed by atoms with Crippen LogP contribution < -0.4 is 5.73 Å². The molecule has 0 spiro atoms. The van der Waals surface area contributed by atoms with E-state index in [9.17, 15) is 13.2 Å². The highest BCUT2D eigenvalue weighted by atomic mass is 19.4. The molecule has 1 aliphatic rings. The maximum absolute atomic E-state index is 12.4. The van der Waals surface area contributed by atoms with Gasteiger partial charge < -0.3 is 5.73 Å². The summed E-state index contributed by atoms with van der Waals surface area (Å²) in [5.41, 5.74) is 5.77. The zero-order chi connectivity index (χ0) is 12.6. The minimum Gasteiger partial charge on any atom is -0.326 e. The van der Waals surface area contributed by atoms with E-state index >= 15 is 0 Å². The van der Waals surface area contributed by atoms with Gasteiger partial charge in [0.1, 0.15) is 0 Å². The molecule has 0 radical (unpaired) electrons. The topological polar surface area (TPSA) is 29.3 Å². The van der Waals surface area contributed by atoms with Crippen LogP contribution in [0.1, 0.15) is 33.6 Å². The lowest BCUT2D eigenvalue weighted by Crippen LogP contribution is -2.48. The van der Waals surface area contributed by atoms with Crippen molar-refractivity contribution in [1.29, 1.82) is 0 Å². The van der Waals surface area contributed by atoms with Crippen molar-refractivity contribution in [2.45, 2.75) is 51.9 Å². The fourth-order valence-electron chi connectivity index (χ4n) is 1.54. The molecule has 1 rings (SSSR count). The zero-order valence-corrected chi connectivity index (χ0v) is 10.1. The minimum atomic E-state index is -4.12. The van der Waals surface area contributed by atoms with Crippen molar-refractivity contribution in [2.24, 2.45) is 11.1 Å². The number of hydrogen-bond acceptors (Lipinski definition) is 2. The summed E-state index contributed by atoms with van der Waals surface area (Å²) in [6.07, 6.45) is -2.39. The van der Waals surface area contributed by atoms with Gasteiger partial charge in [-0.05, 0) is 18.3 Å². The first kappa shape index (κ1) is 13.8. The number of nitrogens with two attached hydrogens (primary N) is 1. The Morgan fingerprint density at radius 3 is 2.06 bits per heavy atom. The van der Waals surface area contributed by atoms with Crippen LogP contribution in [0.2, 0.25) is 0 Å². The summed E-state index contributed by atoms with van der Waals surface area (Å²) in [7, 11) is 0. The standard InChI is InChI=1S/C11H21F3N2/c1-10(2,3)9(15)6-16(8-4-5-8)7-11(12,13)14/h8-9H,4-7,15H2,1-3H3. The Kier molecular flexibility index (Phi) is 3.90. The predicted octanol–water partition coefficient (Wildman–Crippen LogP) is 2.39. The van der Waals surface area contributed by atoms with E-state index in [4.69, 9.17) is 5.73 Å². The van der Waals surface area contributed by atoms with E-state index in [1.807, 2.05) is 20.8 Å². The van der Waals surface area contributed by atoms with Gasteiger partial charge in [0.25, 0.3) is 0 Å². The summed E-state index contributed by atoms with van der Waals surface area (Å²) in [5.74, 6) is 0. The molecule has 0 heterocycles. The van der Waals surface area contributed by atoms with Gasteiger partial charge in [-0.3, -0.25) is 4.90 Å². The minimum absolute atomic E-state index is 0.0926. The lowest BCUT2D eigenvalue weighted by Gasteiger charge is -2.33. The maximum atomic E-state index is 12.4. The van der Waals surface area contributed by atoms with Crippen molar-refractivity contribution in [2.75, 3.05) is 13.1 Å². The lowest BCUT2D eigenvalue weighted by molar-refractivity contribution is -0.148. The molecule has 0 aliphatic heterocycles. The quantitative estimate of drug-likeness (QED) is 0.814. The zero-order valence-electron chi connectivity index (χ0n) is 10.1. The van der Waals surface area contributed by atoms with Gasteiger partial charge >= 0.3 is 6.18 Å². The molecule has 0 bridgehead atoms. The van der Waals surface area contributed by atoms with Gasteiger partial charge in [0.2, 0.25) is 0 Å². The Morgan fingerprint density at radius 2 is 1.75 bits per heavy atom. The number of rotatable bonds is 4. The van der Waals surface area contributed by atoms with Crippen molar-refractivity contribution in [1.82, 2.24) is 4.90 Å². The summed E-state index contributed by atoms with van der Waals surface area (Å²) >= 11 is 0.